The van der Waals surface area contributed by atoms with E-state index in [-0.39, 0.29) is 25.7 Å². The Labute approximate surface area is 205 Å². The molecule has 0 unspecified atom stereocenters. The molecule has 0 aliphatic carbocycles. The lowest BCUT2D eigenvalue weighted by atomic mass is 10.0. The molecule has 178 valence electrons. The van der Waals surface area contributed by atoms with Crippen molar-refractivity contribution >= 4 is 34.1 Å². The van der Waals surface area contributed by atoms with E-state index in [9.17, 15) is 4.79 Å². The Morgan fingerprint density at radius 3 is 2.79 bits per heavy atom. The average molecular weight is 481 g/mol. The molecule has 1 aromatic carbocycles. The van der Waals surface area contributed by atoms with Crippen LogP contribution in [0.5, 0.6) is 5.75 Å². The number of carbonyl (C=O) groups is 1. The van der Waals surface area contributed by atoms with Gasteiger partial charge in [-0.3, -0.25) is 9.78 Å². The number of nitrogens with one attached hydrogen (secondary N) is 1. The fourth-order valence-corrected chi connectivity index (χ4v) is 3.84. The van der Waals surface area contributed by atoms with Gasteiger partial charge in [0.25, 0.3) is 0 Å². The SMILES string of the molecule is C=C/C=C(/c1cc(C)nc2c(OCc3c(Cl)cncc3CNC(=O)COC)cccc12)N(C)C. The number of halogens is 1. The lowest BCUT2D eigenvalue weighted by Gasteiger charge is -2.20. The first-order valence-electron chi connectivity index (χ1n) is 10.8. The number of fused-ring (bicyclic) bond motifs is 1. The fourth-order valence-electron chi connectivity index (χ4n) is 3.61. The van der Waals surface area contributed by atoms with Crippen LogP contribution in [0.2, 0.25) is 5.02 Å². The number of ether oxygens (including phenoxy) is 2. The van der Waals surface area contributed by atoms with Gasteiger partial charge in [0.05, 0.1) is 5.02 Å². The number of hydrogen-bond donors (Lipinski definition) is 1. The summed E-state index contributed by atoms with van der Waals surface area (Å²) in [6, 6.07) is 7.92. The lowest BCUT2D eigenvalue weighted by molar-refractivity contribution is -0.124. The Balaban J connectivity index is 1.95. The quantitative estimate of drug-likeness (QED) is 0.430. The summed E-state index contributed by atoms with van der Waals surface area (Å²) in [7, 11) is 5.46. The van der Waals surface area contributed by atoms with Crippen LogP contribution in [0.1, 0.15) is 22.4 Å². The Morgan fingerprint density at radius 1 is 1.29 bits per heavy atom. The molecule has 0 radical (unpaired) electrons. The summed E-state index contributed by atoms with van der Waals surface area (Å²) in [6.45, 7) is 6.26. The van der Waals surface area contributed by atoms with Gasteiger partial charge < -0.3 is 19.7 Å². The van der Waals surface area contributed by atoms with Crippen LogP contribution in [0, 0.1) is 6.92 Å². The maximum atomic E-state index is 11.8. The number of nitrogens with zero attached hydrogens (tertiary/aromatic N) is 3. The molecule has 2 aromatic heterocycles. The molecule has 1 N–H and O–H groups in total. The van der Waals surface area contributed by atoms with E-state index < -0.39 is 0 Å². The molecule has 0 spiro atoms. The second-order valence-electron chi connectivity index (χ2n) is 7.90. The number of allylic oxidation sites excluding steroid dienone is 2. The summed E-state index contributed by atoms with van der Waals surface area (Å²) in [4.78, 5) is 22.8. The van der Waals surface area contributed by atoms with E-state index in [0.717, 1.165) is 39.0 Å². The molecule has 3 aromatic rings. The molecule has 8 heteroatoms. The Hall–Kier alpha value is -3.42. The van der Waals surface area contributed by atoms with Crippen molar-refractivity contribution in [2.24, 2.45) is 0 Å². The minimum atomic E-state index is -0.222. The zero-order chi connectivity index (χ0) is 24.7. The van der Waals surface area contributed by atoms with Gasteiger partial charge in [0, 0.05) is 68.0 Å². The normalized spacial score (nSPS) is 11.4. The summed E-state index contributed by atoms with van der Waals surface area (Å²) < 4.78 is 11.1. The zero-order valence-corrected chi connectivity index (χ0v) is 20.6. The van der Waals surface area contributed by atoms with Gasteiger partial charge in [0.1, 0.15) is 24.5 Å². The van der Waals surface area contributed by atoms with Gasteiger partial charge in [-0.1, -0.05) is 36.4 Å². The number of para-hydroxylation sites is 1. The number of aromatic nitrogens is 2. The molecule has 1 amide bonds. The van der Waals surface area contributed by atoms with Gasteiger partial charge in [-0.25, -0.2) is 4.98 Å². The van der Waals surface area contributed by atoms with Crippen LogP contribution in [0.25, 0.3) is 16.6 Å². The van der Waals surface area contributed by atoms with Crippen LogP contribution in [0.15, 0.2) is 55.4 Å². The highest BCUT2D eigenvalue weighted by atomic mass is 35.5. The van der Waals surface area contributed by atoms with Crippen molar-refractivity contribution in [1.82, 2.24) is 20.2 Å². The third kappa shape index (κ3) is 5.92. The van der Waals surface area contributed by atoms with E-state index in [1.807, 2.05) is 50.2 Å². The number of rotatable bonds is 10. The highest BCUT2D eigenvalue weighted by Gasteiger charge is 2.15. The van der Waals surface area contributed by atoms with Gasteiger partial charge in [-0.2, -0.15) is 0 Å². The molecule has 0 aliphatic heterocycles. The van der Waals surface area contributed by atoms with Gasteiger partial charge in [-0.15, -0.1) is 0 Å². The maximum Gasteiger partial charge on any atom is 0.246 e. The van der Waals surface area contributed by atoms with E-state index >= 15 is 0 Å². The van der Waals surface area contributed by atoms with Gasteiger partial charge >= 0.3 is 0 Å². The molecule has 34 heavy (non-hydrogen) atoms. The first kappa shape index (κ1) is 25.2. The van der Waals surface area contributed by atoms with Gasteiger partial charge in [0.15, 0.2) is 0 Å². The van der Waals surface area contributed by atoms with Crippen LogP contribution >= 0.6 is 11.6 Å². The molecule has 0 atom stereocenters. The molecule has 0 saturated heterocycles. The molecule has 7 nitrogen and oxygen atoms in total. The predicted octanol–water partition coefficient (Wildman–Crippen LogP) is 4.52. The average Bonchev–Trinajstić information content (AvgIpc) is 2.80. The number of methoxy groups -OCH3 is 1. The molecule has 0 fully saturated rings. The van der Waals surface area contributed by atoms with Crippen LogP contribution in [0.4, 0.5) is 0 Å². The molecule has 0 bridgehead atoms. The van der Waals surface area contributed by atoms with Crippen molar-refractivity contribution < 1.29 is 14.3 Å². The van der Waals surface area contributed by atoms with E-state index in [0.29, 0.717) is 10.8 Å². The highest BCUT2D eigenvalue weighted by Crippen LogP contribution is 2.32. The summed E-state index contributed by atoms with van der Waals surface area (Å²) in [5.74, 6) is 0.418. The summed E-state index contributed by atoms with van der Waals surface area (Å²) >= 11 is 6.43. The number of benzene rings is 1. The van der Waals surface area contributed by atoms with Gasteiger partial charge in [-0.05, 0) is 30.7 Å². The number of pyridine rings is 2. The Morgan fingerprint density at radius 2 is 2.09 bits per heavy atom. The molecular formula is C26H29ClN4O3. The van der Waals surface area contributed by atoms with Crippen molar-refractivity contribution in [3.8, 4) is 5.75 Å². The first-order valence-corrected chi connectivity index (χ1v) is 11.1. The maximum absolute atomic E-state index is 11.8. The number of amides is 1. The Bertz CT molecular complexity index is 1220. The summed E-state index contributed by atoms with van der Waals surface area (Å²) in [6.07, 6.45) is 6.98. The summed E-state index contributed by atoms with van der Waals surface area (Å²) in [5, 5.41) is 4.23. The highest BCUT2D eigenvalue weighted by molar-refractivity contribution is 6.31. The fraction of sp³-hybridized carbons (Fsp3) is 0.269. The molecule has 0 aliphatic rings. The number of aryl methyl sites for hydroxylation is 1. The van der Waals surface area contributed by atoms with Crippen LogP contribution in [-0.4, -0.2) is 48.6 Å². The number of carbonyl (C=O) groups excluding carboxylic acids is 1. The topological polar surface area (TPSA) is 76.6 Å². The van der Waals surface area contributed by atoms with Crippen molar-refractivity contribution in [2.75, 3.05) is 27.8 Å². The smallest absolute Gasteiger partial charge is 0.246 e. The van der Waals surface area contributed by atoms with Gasteiger partial charge in [0.2, 0.25) is 5.91 Å². The first-order chi connectivity index (χ1) is 16.3. The minimum absolute atomic E-state index is 0.0155. The second-order valence-corrected chi connectivity index (χ2v) is 8.31. The van der Waals surface area contributed by atoms with Crippen molar-refractivity contribution in [3.05, 3.63) is 82.8 Å². The van der Waals surface area contributed by atoms with E-state index in [1.165, 1.54) is 7.11 Å². The van der Waals surface area contributed by atoms with Crippen LogP contribution < -0.4 is 10.1 Å². The summed E-state index contributed by atoms with van der Waals surface area (Å²) in [5.41, 5.74) is 5.22. The van der Waals surface area contributed by atoms with Crippen LogP contribution in [-0.2, 0) is 22.7 Å². The lowest BCUT2D eigenvalue weighted by Crippen LogP contribution is -2.27. The van der Waals surface area contributed by atoms with E-state index in [4.69, 9.17) is 26.1 Å². The molecule has 0 saturated carbocycles. The Kier molecular flexibility index (Phi) is 8.62. The third-order valence-corrected chi connectivity index (χ3v) is 5.51. The standard InChI is InChI=1S/C26H29ClN4O3/c1-6-8-23(31(3)4)20-11-17(2)30-26-19(20)9-7-10-24(26)34-15-21-18(12-28-14-22(21)27)13-29-25(32)16-33-5/h6-12,14H,1,13,15-16H2,2-5H3,(H,29,32)/b23-8-. The largest absolute Gasteiger partial charge is 0.487 e. The van der Waals surface area contributed by atoms with Crippen molar-refractivity contribution in [3.63, 3.8) is 0 Å². The second kappa shape index (κ2) is 11.6. The molecular weight excluding hydrogens is 452 g/mol. The van der Waals surface area contributed by atoms with E-state index in [2.05, 4.69) is 22.9 Å². The van der Waals surface area contributed by atoms with E-state index in [1.54, 1.807) is 18.5 Å². The van der Waals surface area contributed by atoms with Crippen molar-refractivity contribution in [1.29, 1.82) is 0 Å². The third-order valence-electron chi connectivity index (χ3n) is 5.18. The van der Waals surface area contributed by atoms with Crippen molar-refractivity contribution in [2.45, 2.75) is 20.1 Å². The van der Waals surface area contributed by atoms with Crippen LogP contribution in [0.3, 0.4) is 0 Å². The zero-order valence-electron chi connectivity index (χ0n) is 19.9. The number of hydrogen-bond acceptors (Lipinski definition) is 6. The minimum Gasteiger partial charge on any atom is -0.487 e. The molecule has 3 rings (SSSR count). The monoisotopic (exact) mass is 480 g/mol. The molecule has 2 heterocycles. The predicted molar refractivity (Wildman–Crippen MR) is 136 cm³/mol.